The first-order valence-electron chi connectivity index (χ1n) is 11.2. The molecule has 0 bridgehead atoms. The molecule has 2 heterocycles. The number of imide groups is 1. The third-order valence-electron chi connectivity index (χ3n) is 5.51. The first-order chi connectivity index (χ1) is 17.3. The Kier molecular flexibility index (Phi) is 8.38. The van der Waals surface area contributed by atoms with E-state index >= 15 is 0 Å². The SMILES string of the molecule is CCOc1cc(/C=C2\SC(=O)N(CC(=O)N3CCCC3)C2=O)cc(Br)c1OC(=O)c1cccc(Cl)c1. The standard InChI is InChI=1S/C25H22BrClN2O6S/c1-2-34-19-11-15(10-18(26)22(19)35-24(32)16-6-5-7-17(27)13-16)12-20-23(31)29(25(33)36-20)14-21(30)28-8-3-4-9-28/h5-7,10-13H,2-4,8-9,14H2,1H3/b20-12-. The van der Waals surface area contributed by atoms with Gasteiger partial charge in [0.05, 0.1) is 21.5 Å². The van der Waals surface area contributed by atoms with Crippen molar-refractivity contribution in [3.63, 3.8) is 0 Å². The number of halogens is 2. The number of esters is 1. The van der Waals surface area contributed by atoms with Gasteiger partial charge in [0.15, 0.2) is 11.5 Å². The number of hydrogen-bond donors (Lipinski definition) is 0. The second-order valence-electron chi connectivity index (χ2n) is 8.02. The molecule has 0 aromatic heterocycles. The van der Waals surface area contributed by atoms with Crippen molar-refractivity contribution in [1.29, 1.82) is 0 Å². The second-order valence-corrected chi connectivity index (χ2v) is 10.3. The van der Waals surface area contributed by atoms with Crippen LogP contribution in [0.3, 0.4) is 0 Å². The van der Waals surface area contributed by atoms with Crippen LogP contribution in [0, 0.1) is 0 Å². The minimum atomic E-state index is -0.615. The number of carbonyl (C=O) groups is 4. The van der Waals surface area contributed by atoms with Gasteiger partial charge in [0, 0.05) is 18.1 Å². The van der Waals surface area contributed by atoms with Crippen LogP contribution in [0.2, 0.25) is 5.02 Å². The molecule has 188 valence electrons. The van der Waals surface area contributed by atoms with Gasteiger partial charge >= 0.3 is 5.97 Å². The Morgan fingerprint density at radius 3 is 2.61 bits per heavy atom. The Morgan fingerprint density at radius 1 is 1.17 bits per heavy atom. The van der Waals surface area contributed by atoms with Crippen LogP contribution in [-0.4, -0.2) is 59.1 Å². The third-order valence-corrected chi connectivity index (χ3v) is 7.24. The molecule has 2 aromatic rings. The number of likely N-dealkylation sites (tertiary alicyclic amines) is 1. The molecule has 8 nitrogen and oxygen atoms in total. The van der Waals surface area contributed by atoms with Crippen molar-refractivity contribution in [2.24, 2.45) is 0 Å². The van der Waals surface area contributed by atoms with Crippen molar-refractivity contribution in [3.8, 4) is 11.5 Å². The lowest BCUT2D eigenvalue weighted by Gasteiger charge is -2.18. The van der Waals surface area contributed by atoms with Crippen LogP contribution < -0.4 is 9.47 Å². The number of thioether (sulfide) groups is 1. The molecule has 2 aliphatic heterocycles. The fourth-order valence-electron chi connectivity index (χ4n) is 3.79. The van der Waals surface area contributed by atoms with Gasteiger partial charge < -0.3 is 14.4 Å². The van der Waals surface area contributed by atoms with Gasteiger partial charge in [-0.05, 0) is 89.4 Å². The van der Waals surface area contributed by atoms with Gasteiger partial charge in [-0.25, -0.2) is 4.79 Å². The molecule has 2 aromatic carbocycles. The summed E-state index contributed by atoms with van der Waals surface area (Å²) < 4.78 is 11.7. The van der Waals surface area contributed by atoms with Gasteiger partial charge in [0.1, 0.15) is 6.54 Å². The minimum absolute atomic E-state index is 0.170. The van der Waals surface area contributed by atoms with Crippen LogP contribution in [0.1, 0.15) is 35.7 Å². The second kappa shape index (κ2) is 11.5. The van der Waals surface area contributed by atoms with Gasteiger partial charge in [-0.15, -0.1) is 0 Å². The maximum atomic E-state index is 12.9. The lowest BCUT2D eigenvalue weighted by atomic mass is 10.1. The average molecular weight is 594 g/mol. The predicted octanol–water partition coefficient (Wildman–Crippen LogP) is 5.38. The summed E-state index contributed by atoms with van der Waals surface area (Å²) in [7, 11) is 0. The Labute approximate surface area is 225 Å². The molecule has 0 spiro atoms. The molecule has 11 heteroatoms. The van der Waals surface area contributed by atoms with E-state index in [-0.39, 0.29) is 34.4 Å². The highest BCUT2D eigenvalue weighted by atomic mass is 79.9. The van der Waals surface area contributed by atoms with E-state index in [2.05, 4.69) is 15.9 Å². The zero-order chi connectivity index (χ0) is 25.8. The van der Waals surface area contributed by atoms with E-state index in [1.165, 1.54) is 6.07 Å². The fraction of sp³-hybridized carbons (Fsp3) is 0.280. The summed E-state index contributed by atoms with van der Waals surface area (Å²) in [5.74, 6) is -0.928. The summed E-state index contributed by atoms with van der Waals surface area (Å²) >= 11 is 10.2. The van der Waals surface area contributed by atoms with Gasteiger partial charge in [-0.2, -0.15) is 0 Å². The van der Waals surface area contributed by atoms with Crippen molar-refractivity contribution < 1.29 is 28.7 Å². The summed E-state index contributed by atoms with van der Waals surface area (Å²) in [5.41, 5.74) is 0.822. The topological polar surface area (TPSA) is 93.2 Å². The van der Waals surface area contributed by atoms with Crippen LogP contribution in [0.15, 0.2) is 45.8 Å². The molecular weight excluding hydrogens is 572 g/mol. The number of amides is 3. The zero-order valence-electron chi connectivity index (χ0n) is 19.3. The number of rotatable bonds is 7. The molecule has 2 fully saturated rings. The number of benzene rings is 2. The van der Waals surface area contributed by atoms with Crippen molar-refractivity contribution >= 4 is 68.4 Å². The Balaban J connectivity index is 1.55. The number of carbonyl (C=O) groups excluding carboxylic acids is 4. The first-order valence-corrected chi connectivity index (χ1v) is 13.2. The first kappa shape index (κ1) is 26.2. The van der Waals surface area contributed by atoms with Crippen LogP contribution in [0.4, 0.5) is 4.79 Å². The minimum Gasteiger partial charge on any atom is -0.490 e. The van der Waals surface area contributed by atoms with E-state index in [4.69, 9.17) is 21.1 Å². The molecule has 0 unspecified atom stereocenters. The molecule has 2 aliphatic rings. The van der Waals surface area contributed by atoms with Gasteiger partial charge in [0.25, 0.3) is 11.1 Å². The van der Waals surface area contributed by atoms with E-state index in [9.17, 15) is 19.2 Å². The van der Waals surface area contributed by atoms with Crippen LogP contribution >= 0.6 is 39.3 Å². The number of ether oxygens (including phenoxy) is 2. The highest BCUT2D eigenvalue weighted by Gasteiger charge is 2.37. The van der Waals surface area contributed by atoms with Crippen LogP contribution in [0.5, 0.6) is 11.5 Å². The van der Waals surface area contributed by atoms with Crippen LogP contribution in [0.25, 0.3) is 6.08 Å². The summed E-state index contributed by atoms with van der Waals surface area (Å²) in [5, 5.41) is -0.0880. The van der Waals surface area contributed by atoms with Gasteiger partial charge in [0.2, 0.25) is 5.91 Å². The fourth-order valence-corrected chi connectivity index (χ4v) is 5.36. The lowest BCUT2D eigenvalue weighted by Crippen LogP contribution is -2.40. The van der Waals surface area contributed by atoms with Crippen molar-refractivity contribution in [2.45, 2.75) is 19.8 Å². The summed E-state index contributed by atoms with van der Waals surface area (Å²) in [6, 6.07) is 9.63. The normalized spacial score (nSPS) is 16.7. The summed E-state index contributed by atoms with van der Waals surface area (Å²) in [6.45, 7) is 3.10. The predicted molar refractivity (Wildman–Crippen MR) is 140 cm³/mol. The highest BCUT2D eigenvalue weighted by molar-refractivity contribution is 9.10. The smallest absolute Gasteiger partial charge is 0.343 e. The Morgan fingerprint density at radius 2 is 1.92 bits per heavy atom. The van der Waals surface area contributed by atoms with E-state index in [1.807, 2.05) is 0 Å². The van der Waals surface area contributed by atoms with Crippen molar-refractivity contribution in [2.75, 3.05) is 26.2 Å². The molecule has 4 rings (SSSR count). The van der Waals surface area contributed by atoms with Crippen LogP contribution in [-0.2, 0) is 9.59 Å². The molecular formula is C25H22BrClN2O6S. The lowest BCUT2D eigenvalue weighted by molar-refractivity contribution is -0.135. The molecule has 3 amide bonds. The van der Waals surface area contributed by atoms with Gasteiger partial charge in [-0.3, -0.25) is 19.3 Å². The highest BCUT2D eigenvalue weighted by Crippen LogP contribution is 2.40. The maximum absolute atomic E-state index is 12.9. The largest absolute Gasteiger partial charge is 0.490 e. The molecule has 36 heavy (non-hydrogen) atoms. The number of nitrogens with zero attached hydrogens (tertiary/aromatic N) is 2. The van der Waals surface area contributed by atoms with E-state index in [0.717, 1.165) is 29.5 Å². The molecule has 0 aliphatic carbocycles. The van der Waals surface area contributed by atoms with Gasteiger partial charge in [-0.1, -0.05) is 17.7 Å². The third kappa shape index (κ3) is 5.93. The average Bonchev–Trinajstić information content (AvgIpc) is 3.46. The Hall–Kier alpha value is -2.82. The van der Waals surface area contributed by atoms with E-state index in [1.54, 1.807) is 48.2 Å². The molecule has 2 saturated heterocycles. The monoisotopic (exact) mass is 592 g/mol. The quantitative estimate of drug-likeness (QED) is 0.242. The molecule has 0 saturated carbocycles. The van der Waals surface area contributed by atoms with E-state index < -0.39 is 17.1 Å². The summed E-state index contributed by atoms with van der Waals surface area (Å²) in [4.78, 5) is 53.3. The van der Waals surface area contributed by atoms with E-state index in [0.29, 0.717) is 34.8 Å². The summed E-state index contributed by atoms with van der Waals surface area (Å²) in [6.07, 6.45) is 3.39. The number of hydrogen-bond acceptors (Lipinski definition) is 7. The molecule has 0 N–H and O–H groups in total. The molecule has 0 radical (unpaired) electrons. The molecule has 0 atom stereocenters. The maximum Gasteiger partial charge on any atom is 0.343 e. The zero-order valence-corrected chi connectivity index (χ0v) is 22.5. The van der Waals surface area contributed by atoms with Crippen molar-refractivity contribution in [3.05, 3.63) is 61.9 Å². The van der Waals surface area contributed by atoms with Crippen molar-refractivity contribution in [1.82, 2.24) is 9.80 Å². The Bertz CT molecular complexity index is 1260.